The molecule has 6 nitrogen and oxygen atoms in total. The number of hydrogen-bond acceptors (Lipinski definition) is 3. The molecule has 6 heteroatoms. The van der Waals surface area contributed by atoms with Gasteiger partial charge >= 0.3 is 0 Å². The molecule has 0 amide bonds. The molecule has 1 aliphatic carbocycles. The van der Waals surface area contributed by atoms with Crippen LogP contribution in [0, 0.1) is 0 Å². The first-order chi connectivity index (χ1) is 13.1. The van der Waals surface area contributed by atoms with Gasteiger partial charge in [0, 0.05) is 48.5 Å². The Balaban J connectivity index is 0.00000102. The highest BCUT2D eigenvalue weighted by Gasteiger charge is 2.18. The molecule has 142 valence electrons. The summed E-state index contributed by atoms with van der Waals surface area (Å²) in [6.07, 6.45) is 15.7. The van der Waals surface area contributed by atoms with E-state index in [1.807, 2.05) is 63.0 Å². The van der Waals surface area contributed by atoms with Gasteiger partial charge in [0.1, 0.15) is 5.52 Å². The fourth-order valence-corrected chi connectivity index (χ4v) is 3.35. The number of aryl methyl sites for hydroxylation is 1. The van der Waals surface area contributed by atoms with Gasteiger partial charge in [-0.1, -0.05) is 26.0 Å². The predicted octanol–water partition coefficient (Wildman–Crippen LogP) is 3.74. The van der Waals surface area contributed by atoms with Crippen LogP contribution in [-0.2, 0) is 7.05 Å². The standard InChI is InChI=1S/C19H21N5O.C2H6/c1-13(20)17-12-23-9-8-16(14-10-21-22(2)11-14)18(23)19(25)24(17)15-6-4-3-5-7-15;1-2/h4,6-13H,3,5,20H2,1-2H3;1-2H3. The molecular formula is C21H27N5O. The first-order valence-electron chi connectivity index (χ1n) is 9.44. The summed E-state index contributed by atoms with van der Waals surface area (Å²) in [5.74, 6) is 0. The lowest BCUT2D eigenvalue weighted by Gasteiger charge is -2.19. The summed E-state index contributed by atoms with van der Waals surface area (Å²) in [6.45, 7) is 5.90. The summed E-state index contributed by atoms with van der Waals surface area (Å²) >= 11 is 0. The Morgan fingerprint density at radius 2 is 2.00 bits per heavy atom. The van der Waals surface area contributed by atoms with Crippen LogP contribution >= 0.6 is 0 Å². The van der Waals surface area contributed by atoms with Gasteiger partial charge < -0.3 is 10.1 Å². The zero-order valence-corrected chi connectivity index (χ0v) is 16.4. The molecule has 0 aromatic carbocycles. The van der Waals surface area contributed by atoms with Crippen LogP contribution in [0.4, 0.5) is 0 Å². The normalized spacial score (nSPS) is 14.6. The van der Waals surface area contributed by atoms with Gasteiger partial charge in [-0.05, 0) is 31.9 Å². The third-order valence-electron chi connectivity index (χ3n) is 4.57. The zero-order chi connectivity index (χ0) is 19.6. The van der Waals surface area contributed by atoms with Crippen molar-refractivity contribution in [3.63, 3.8) is 0 Å². The molecule has 0 spiro atoms. The molecule has 0 aliphatic heterocycles. The predicted molar refractivity (Wildman–Crippen MR) is 110 cm³/mol. The summed E-state index contributed by atoms with van der Waals surface area (Å²) in [4.78, 5) is 13.4. The van der Waals surface area contributed by atoms with Crippen molar-refractivity contribution in [2.45, 2.75) is 39.7 Å². The Bertz CT molecular complexity index is 1060. The highest BCUT2D eigenvalue weighted by Crippen LogP contribution is 2.26. The Morgan fingerprint density at radius 1 is 1.22 bits per heavy atom. The van der Waals surface area contributed by atoms with Crippen LogP contribution in [0.25, 0.3) is 22.3 Å². The number of nitrogens with two attached hydrogens (primary N) is 1. The number of hydrogen-bond donors (Lipinski definition) is 1. The van der Waals surface area contributed by atoms with Gasteiger partial charge in [0.25, 0.3) is 5.56 Å². The molecule has 0 fully saturated rings. The molecule has 1 atom stereocenters. The van der Waals surface area contributed by atoms with Crippen LogP contribution in [0.1, 0.15) is 45.3 Å². The third kappa shape index (κ3) is 3.40. The van der Waals surface area contributed by atoms with Crippen LogP contribution in [0.15, 0.2) is 53.9 Å². The zero-order valence-electron chi connectivity index (χ0n) is 16.4. The van der Waals surface area contributed by atoms with E-state index in [4.69, 9.17) is 5.73 Å². The minimum Gasteiger partial charge on any atom is -0.323 e. The monoisotopic (exact) mass is 365 g/mol. The average Bonchev–Trinajstić information content (AvgIpc) is 3.30. The highest BCUT2D eigenvalue weighted by molar-refractivity contribution is 5.80. The van der Waals surface area contributed by atoms with Gasteiger partial charge in [0.15, 0.2) is 0 Å². The van der Waals surface area contributed by atoms with Gasteiger partial charge in [-0.3, -0.25) is 14.0 Å². The summed E-state index contributed by atoms with van der Waals surface area (Å²) in [7, 11) is 1.87. The molecule has 3 aromatic rings. The molecule has 0 radical (unpaired) electrons. The van der Waals surface area contributed by atoms with Crippen molar-refractivity contribution in [1.82, 2.24) is 18.7 Å². The van der Waals surface area contributed by atoms with Crippen LogP contribution in [0.2, 0.25) is 0 Å². The number of nitrogens with zero attached hydrogens (tertiary/aromatic N) is 4. The fourth-order valence-electron chi connectivity index (χ4n) is 3.35. The largest absolute Gasteiger partial charge is 0.323 e. The second kappa shape index (κ2) is 7.80. The first-order valence-corrected chi connectivity index (χ1v) is 9.44. The first kappa shape index (κ1) is 18.9. The van der Waals surface area contributed by atoms with Crippen molar-refractivity contribution in [3.05, 3.63) is 65.1 Å². The number of allylic oxidation sites excluding steroid dienone is 4. The lowest BCUT2D eigenvalue weighted by atomic mass is 10.1. The minimum absolute atomic E-state index is 0.0588. The molecule has 0 bridgehead atoms. The van der Waals surface area contributed by atoms with Crippen molar-refractivity contribution in [1.29, 1.82) is 0 Å². The van der Waals surface area contributed by atoms with Crippen molar-refractivity contribution in [3.8, 4) is 11.1 Å². The van der Waals surface area contributed by atoms with Crippen molar-refractivity contribution in [2.24, 2.45) is 12.8 Å². The molecule has 0 saturated heterocycles. The molecule has 0 saturated carbocycles. The van der Waals surface area contributed by atoms with Crippen molar-refractivity contribution in [2.75, 3.05) is 0 Å². The van der Waals surface area contributed by atoms with E-state index in [9.17, 15) is 4.79 Å². The topological polar surface area (TPSA) is 70.2 Å². The van der Waals surface area contributed by atoms with Crippen molar-refractivity contribution >= 4 is 11.2 Å². The van der Waals surface area contributed by atoms with Gasteiger partial charge in [0.2, 0.25) is 0 Å². The third-order valence-corrected chi connectivity index (χ3v) is 4.57. The second-order valence-electron chi connectivity index (χ2n) is 6.48. The molecule has 4 rings (SSSR count). The van der Waals surface area contributed by atoms with E-state index in [2.05, 4.69) is 17.3 Å². The molecule has 1 aliphatic rings. The number of rotatable bonds is 3. The maximum Gasteiger partial charge on any atom is 0.280 e. The summed E-state index contributed by atoms with van der Waals surface area (Å²) in [5.41, 5.74) is 10.2. The van der Waals surface area contributed by atoms with E-state index in [1.54, 1.807) is 15.4 Å². The summed E-state index contributed by atoms with van der Waals surface area (Å²) in [5, 5.41) is 4.22. The minimum atomic E-state index is -0.252. The smallest absolute Gasteiger partial charge is 0.280 e. The molecule has 3 heterocycles. The molecule has 27 heavy (non-hydrogen) atoms. The lowest BCUT2D eigenvalue weighted by molar-refractivity contribution is 0.724. The van der Waals surface area contributed by atoms with Crippen LogP contribution < -0.4 is 11.3 Å². The Morgan fingerprint density at radius 3 is 2.59 bits per heavy atom. The number of fused-ring (bicyclic) bond motifs is 1. The maximum atomic E-state index is 13.4. The van der Waals surface area contributed by atoms with E-state index >= 15 is 0 Å². The molecule has 1 unspecified atom stereocenters. The molecule has 3 aromatic heterocycles. The van der Waals surface area contributed by atoms with E-state index in [0.717, 1.165) is 35.4 Å². The van der Waals surface area contributed by atoms with E-state index in [1.165, 1.54) is 0 Å². The Labute approximate surface area is 159 Å². The summed E-state index contributed by atoms with van der Waals surface area (Å²) in [6, 6.07) is 1.70. The van der Waals surface area contributed by atoms with E-state index in [0.29, 0.717) is 5.52 Å². The number of aromatic nitrogens is 4. The van der Waals surface area contributed by atoms with Gasteiger partial charge in [-0.2, -0.15) is 5.10 Å². The average molecular weight is 365 g/mol. The van der Waals surface area contributed by atoms with Crippen LogP contribution in [0.3, 0.4) is 0 Å². The van der Waals surface area contributed by atoms with Crippen LogP contribution in [0.5, 0.6) is 0 Å². The van der Waals surface area contributed by atoms with Gasteiger partial charge in [-0.25, -0.2) is 0 Å². The fraction of sp³-hybridized carbons (Fsp3) is 0.333. The maximum absolute atomic E-state index is 13.4. The van der Waals surface area contributed by atoms with Crippen LogP contribution in [-0.4, -0.2) is 18.7 Å². The SMILES string of the molecule is CC.CC(N)c1cn2ccc(-c3cnn(C)c3)c2c(=O)n1C1=CCCC=C1. The summed E-state index contributed by atoms with van der Waals surface area (Å²) < 4.78 is 5.35. The van der Waals surface area contributed by atoms with Gasteiger partial charge in [0.05, 0.1) is 11.9 Å². The molecule has 2 N–H and O–H groups in total. The van der Waals surface area contributed by atoms with E-state index in [-0.39, 0.29) is 11.6 Å². The highest BCUT2D eigenvalue weighted by atomic mass is 16.1. The van der Waals surface area contributed by atoms with E-state index < -0.39 is 0 Å². The molecular weight excluding hydrogens is 338 g/mol. The van der Waals surface area contributed by atoms with Gasteiger partial charge in [-0.15, -0.1) is 0 Å². The van der Waals surface area contributed by atoms with Crippen molar-refractivity contribution < 1.29 is 0 Å². The second-order valence-corrected chi connectivity index (χ2v) is 6.48. The Hall–Kier alpha value is -2.86. The lowest BCUT2D eigenvalue weighted by Crippen LogP contribution is -2.28. The Kier molecular flexibility index (Phi) is 5.46. The quantitative estimate of drug-likeness (QED) is 0.769.